The summed E-state index contributed by atoms with van der Waals surface area (Å²) in [4.78, 5) is 11.1. The molecule has 0 saturated carbocycles. The van der Waals surface area contributed by atoms with Crippen LogP contribution in [0.4, 0.5) is 10.1 Å². The van der Waals surface area contributed by atoms with Crippen LogP contribution in [0.3, 0.4) is 0 Å². The Kier molecular flexibility index (Phi) is 3.60. The zero-order chi connectivity index (χ0) is 10.6. The van der Waals surface area contributed by atoms with E-state index in [1.54, 1.807) is 0 Å². The van der Waals surface area contributed by atoms with Crippen molar-refractivity contribution in [3.05, 3.63) is 36.3 Å². The molecule has 0 fully saturated rings. The van der Waals surface area contributed by atoms with Crippen molar-refractivity contribution in [1.29, 1.82) is 0 Å². The number of carbonyl (C=O) groups excluding carboxylic acids is 1. The van der Waals surface area contributed by atoms with E-state index in [1.165, 1.54) is 24.3 Å². The molecule has 1 amide bonds. The van der Waals surface area contributed by atoms with Gasteiger partial charge in [0.15, 0.2) is 0 Å². The van der Waals surface area contributed by atoms with Crippen LogP contribution in [0.5, 0.6) is 0 Å². The second-order valence-electron chi connectivity index (χ2n) is 2.58. The van der Waals surface area contributed by atoms with Crippen molar-refractivity contribution in [2.45, 2.75) is 0 Å². The summed E-state index contributed by atoms with van der Waals surface area (Å²) < 4.78 is 12.7. The van der Waals surface area contributed by atoms with Gasteiger partial charge in [0.05, 0.1) is 0 Å². The lowest BCUT2D eigenvalue weighted by atomic mass is 10.3. The summed E-state index contributed by atoms with van der Waals surface area (Å²) in [5, 5.41) is 3.13. The van der Waals surface area contributed by atoms with Crippen molar-refractivity contribution >= 4 is 26.1 Å². The van der Waals surface area contributed by atoms with Crippen molar-refractivity contribution in [3.8, 4) is 0 Å². The molecule has 1 rings (SSSR count). The summed E-state index contributed by atoms with van der Waals surface area (Å²) in [6.07, 6.45) is 2.33. The maximum atomic E-state index is 12.7. The van der Waals surface area contributed by atoms with Crippen LogP contribution in [0, 0.1) is 5.82 Å². The predicted molar refractivity (Wildman–Crippen MR) is 57.7 cm³/mol. The Balaban J connectivity index is 2.82. The van der Waals surface area contributed by atoms with Gasteiger partial charge < -0.3 is 11.1 Å². The fraction of sp³-hybridized carbons (Fsp3) is 0. The number of rotatable bonds is 2. The maximum Gasteiger partial charge on any atom is 0.249 e. The van der Waals surface area contributed by atoms with Gasteiger partial charge in [0.1, 0.15) is 5.82 Å². The molecule has 1 unspecified atom stereocenters. The summed E-state index contributed by atoms with van der Waals surface area (Å²) >= 11 is 0. The Morgan fingerprint density at radius 3 is 2.86 bits per heavy atom. The van der Waals surface area contributed by atoms with E-state index >= 15 is 0 Å². The van der Waals surface area contributed by atoms with Gasteiger partial charge in [-0.1, -0.05) is 0 Å². The molecule has 0 heterocycles. The molecule has 1 atom stereocenters. The van der Waals surface area contributed by atoms with Gasteiger partial charge in [-0.2, -0.15) is 0 Å². The van der Waals surface area contributed by atoms with Crippen LogP contribution in [0.15, 0.2) is 30.5 Å². The van der Waals surface area contributed by atoms with E-state index in [0.717, 1.165) is 6.20 Å². The average Bonchev–Trinajstić information content (AvgIpc) is 2.10. The van der Waals surface area contributed by atoms with E-state index in [1.807, 2.05) is 0 Å². The van der Waals surface area contributed by atoms with E-state index in [-0.39, 0.29) is 11.7 Å². The van der Waals surface area contributed by atoms with Crippen molar-refractivity contribution in [1.82, 2.24) is 0 Å². The largest absolute Gasteiger partial charge is 0.404 e. The van der Waals surface area contributed by atoms with E-state index in [9.17, 15) is 9.18 Å². The minimum Gasteiger partial charge on any atom is -0.404 e. The number of anilines is 1. The predicted octanol–water partition coefficient (Wildman–Crippen LogP) is 0.737. The first kappa shape index (κ1) is 10.7. The third-order valence-corrected chi connectivity index (χ3v) is 2.00. The van der Waals surface area contributed by atoms with Gasteiger partial charge in [-0.05, 0) is 29.7 Å². The molecule has 14 heavy (non-hydrogen) atoms. The summed E-state index contributed by atoms with van der Waals surface area (Å²) in [6.45, 7) is 0. The molecule has 3 N–H and O–H groups in total. The average molecular weight is 212 g/mol. The highest BCUT2D eigenvalue weighted by molar-refractivity contribution is 7.28. The van der Waals surface area contributed by atoms with Crippen molar-refractivity contribution in [2.75, 3.05) is 5.32 Å². The van der Waals surface area contributed by atoms with Crippen molar-refractivity contribution in [3.63, 3.8) is 0 Å². The van der Waals surface area contributed by atoms with E-state index in [2.05, 4.69) is 14.6 Å². The summed E-state index contributed by atoms with van der Waals surface area (Å²) in [5.41, 5.74) is 5.58. The smallest absolute Gasteiger partial charge is 0.249 e. The van der Waals surface area contributed by atoms with Crippen molar-refractivity contribution < 1.29 is 9.18 Å². The first-order valence-electron chi connectivity index (χ1n) is 3.88. The summed E-state index contributed by atoms with van der Waals surface area (Å²) in [6, 6.07) is 4.07. The number of hydrogen-bond acceptors (Lipinski definition) is 2. The van der Waals surface area contributed by atoms with Gasteiger partial charge in [-0.25, -0.2) is 4.39 Å². The molecule has 0 bridgehead atoms. The molecule has 5 heteroatoms. The monoisotopic (exact) mass is 212 g/mol. The molecule has 0 saturated heterocycles. The van der Waals surface area contributed by atoms with Gasteiger partial charge >= 0.3 is 0 Å². The molecule has 3 nitrogen and oxygen atoms in total. The van der Waals surface area contributed by atoms with Crippen LogP contribution in [0.2, 0.25) is 0 Å². The number of benzene rings is 1. The highest BCUT2D eigenvalue weighted by atomic mass is 31.0. The third-order valence-electron chi connectivity index (χ3n) is 1.52. The van der Waals surface area contributed by atoms with Crippen LogP contribution >= 0.6 is 9.24 Å². The first-order chi connectivity index (χ1) is 6.63. The van der Waals surface area contributed by atoms with Crippen molar-refractivity contribution in [2.24, 2.45) is 5.73 Å². The number of amides is 1. The Labute approximate surface area is 83.4 Å². The maximum absolute atomic E-state index is 12.7. The Morgan fingerprint density at radius 2 is 2.29 bits per heavy atom. The highest BCUT2D eigenvalue weighted by Gasteiger charge is 2.02. The minimum absolute atomic E-state index is 0.345. The molecule has 1 aromatic rings. The van der Waals surface area contributed by atoms with Crippen LogP contribution in [0.25, 0.3) is 0 Å². The van der Waals surface area contributed by atoms with Gasteiger partial charge in [0.25, 0.3) is 0 Å². The fourth-order valence-corrected chi connectivity index (χ4v) is 1.24. The summed E-state index contributed by atoms with van der Waals surface area (Å²) in [5.74, 6) is -0.690. The second-order valence-corrected chi connectivity index (χ2v) is 3.20. The Bertz CT molecular complexity index is 379. The third kappa shape index (κ3) is 2.82. The fourth-order valence-electron chi connectivity index (χ4n) is 0.909. The van der Waals surface area contributed by atoms with Crippen LogP contribution in [-0.2, 0) is 4.79 Å². The lowest BCUT2D eigenvalue weighted by molar-refractivity contribution is -0.111. The van der Waals surface area contributed by atoms with E-state index in [0.29, 0.717) is 11.0 Å². The first-order valence-corrected chi connectivity index (χ1v) is 4.45. The quantitative estimate of drug-likeness (QED) is 0.561. The zero-order valence-electron chi connectivity index (χ0n) is 7.33. The lowest BCUT2D eigenvalue weighted by Gasteiger charge is -2.05. The molecule has 74 valence electrons. The minimum atomic E-state index is -0.345. The standard InChI is InChI=1S/C9H10FN2OP/c10-6-1-2-7(8(14)5-6)12-9(13)3-4-11/h1-5H,11,14H2,(H,12,13)/b4-3+. The van der Waals surface area contributed by atoms with Crippen LogP contribution in [0.1, 0.15) is 0 Å². The highest BCUT2D eigenvalue weighted by Crippen LogP contribution is 2.09. The number of halogens is 1. The van der Waals surface area contributed by atoms with Gasteiger partial charge in [-0.15, -0.1) is 9.24 Å². The summed E-state index contributed by atoms with van der Waals surface area (Å²) in [7, 11) is 2.34. The van der Waals surface area contributed by atoms with Crippen LogP contribution < -0.4 is 16.4 Å². The zero-order valence-corrected chi connectivity index (χ0v) is 8.48. The topological polar surface area (TPSA) is 55.1 Å². The lowest BCUT2D eigenvalue weighted by Crippen LogP contribution is -2.13. The molecular weight excluding hydrogens is 202 g/mol. The SMILES string of the molecule is N/C=C/C(=O)Nc1ccc(F)cc1P. The number of nitrogens with one attached hydrogen (secondary N) is 1. The van der Waals surface area contributed by atoms with E-state index < -0.39 is 0 Å². The van der Waals surface area contributed by atoms with E-state index in [4.69, 9.17) is 5.73 Å². The molecule has 1 aromatic carbocycles. The number of nitrogens with two attached hydrogens (primary N) is 1. The van der Waals surface area contributed by atoms with Gasteiger partial charge in [0.2, 0.25) is 5.91 Å². The molecule has 0 aliphatic carbocycles. The molecule has 0 radical (unpaired) electrons. The second kappa shape index (κ2) is 4.72. The molecule has 0 aliphatic heterocycles. The molecule has 0 aromatic heterocycles. The Morgan fingerprint density at radius 1 is 1.57 bits per heavy atom. The van der Waals surface area contributed by atoms with Crippen LogP contribution in [-0.4, -0.2) is 5.91 Å². The molecular formula is C9H10FN2OP. The molecule has 0 spiro atoms. The number of carbonyl (C=O) groups is 1. The molecule has 0 aliphatic rings. The number of hydrogen-bond donors (Lipinski definition) is 2. The normalized spacial score (nSPS) is 10.4. The van der Waals surface area contributed by atoms with Gasteiger partial charge in [-0.3, -0.25) is 4.79 Å². The Hall–Kier alpha value is -1.41. The van der Waals surface area contributed by atoms with Gasteiger partial charge in [0, 0.05) is 11.8 Å².